The maximum Gasteiger partial charge on any atom is 0.167 e. The Morgan fingerprint density at radius 3 is 3.23 bits per heavy atom. The van der Waals surface area contributed by atoms with Crippen LogP contribution < -0.4 is 4.74 Å². The van der Waals surface area contributed by atoms with Crippen LogP contribution in [0.25, 0.3) is 0 Å². The highest BCUT2D eigenvalue weighted by Crippen LogP contribution is 2.39. The molecular formula is C10H9NO2. The van der Waals surface area contributed by atoms with Gasteiger partial charge in [0.05, 0.1) is 12.1 Å². The summed E-state index contributed by atoms with van der Waals surface area (Å²) in [6.45, 7) is 0.672. The third kappa shape index (κ3) is 0.932. The summed E-state index contributed by atoms with van der Waals surface area (Å²) in [5.41, 5.74) is 1.11. The molecule has 0 N–H and O–H groups in total. The van der Waals surface area contributed by atoms with Gasteiger partial charge in [0.1, 0.15) is 12.4 Å². The second-order valence-electron chi connectivity index (χ2n) is 3.29. The Labute approximate surface area is 76.0 Å². The highest BCUT2D eigenvalue weighted by Gasteiger charge is 2.34. The molecule has 0 fully saturated rings. The largest absolute Gasteiger partial charge is 0.492 e. The summed E-state index contributed by atoms with van der Waals surface area (Å²) in [4.78, 5) is 5.27. The fourth-order valence-electron chi connectivity index (χ4n) is 1.79. The van der Waals surface area contributed by atoms with Crippen LogP contribution >= 0.6 is 0 Å². The Morgan fingerprint density at radius 1 is 1.31 bits per heavy atom. The Bertz CT molecular complexity index is 362. The summed E-state index contributed by atoms with van der Waals surface area (Å²) >= 11 is 0. The molecule has 2 heterocycles. The van der Waals surface area contributed by atoms with E-state index in [-0.39, 0.29) is 12.0 Å². The lowest BCUT2D eigenvalue weighted by Crippen LogP contribution is -2.24. The number of benzene rings is 1. The van der Waals surface area contributed by atoms with E-state index in [4.69, 9.17) is 9.57 Å². The van der Waals surface area contributed by atoms with Gasteiger partial charge in [0.2, 0.25) is 0 Å². The summed E-state index contributed by atoms with van der Waals surface area (Å²) in [6, 6.07) is 7.95. The number of rotatable bonds is 0. The minimum Gasteiger partial charge on any atom is -0.492 e. The van der Waals surface area contributed by atoms with Crippen LogP contribution in [0, 0.1) is 5.92 Å². The molecule has 0 aromatic heterocycles. The molecule has 66 valence electrons. The number of ether oxygens (including phenoxy) is 1. The van der Waals surface area contributed by atoms with E-state index in [1.165, 1.54) is 0 Å². The average Bonchev–Trinajstić information content (AvgIpc) is 2.65. The van der Waals surface area contributed by atoms with Crippen LogP contribution in [0.3, 0.4) is 0 Å². The van der Waals surface area contributed by atoms with Crippen LogP contribution in [0.5, 0.6) is 5.75 Å². The van der Waals surface area contributed by atoms with Crippen LogP contribution in [-0.4, -0.2) is 12.8 Å². The SMILES string of the molecule is C1=NO[C@@H]2c3ccccc3OC[C@H]12. The van der Waals surface area contributed by atoms with Gasteiger partial charge in [-0.2, -0.15) is 0 Å². The number of fused-ring (bicyclic) bond motifs is 3. The molecule has 0 aliphatic carbocycles. The van der Waals surface area contributed by atoms with Crippen LogP contribution in [0.1, 0.15) is 11.7 Å². The van der Waals surface area contributed by atoms with Crippen molar-refractivity contribution in [1.29, 1.82) is 0 Å². The summed E-state index contributed by atoms with van der Waals surface area (Å²) in [7, 11) is 0. The normalized spacial score (nSPS) is 28.6. The molecule has 1 aromatic carbocycles. The van der Waals surface area contributed by atoms with E-state index in [9.17, 15) is 0 Å². The molecule has 2 aliphatic rings. The summed E-state index contributed by atoms with van der Waals surface area (Å²) < 4.78 is 5.57. The summed E-state index contributed by atoms with van der Waals surface area (Å²) in [5, 5.41) is 3.82. The Kier molecular flexibility index (Phi) is 1.33. The van der Waals surface area contributed by atoms with Gasteiger partial charge >= 0.3 is 0 Å². The first-order valence-corrected chi connectivity index (χ1v) is 4.36. The molecule has 3 nitrogen and oxygen atoms in total. The van der Waals surface area contributed by atoms with Crippen molar-refractivity contribution in [2.75, 3.05) is 6.61 Å². The first kappa shape index (κ1) is 6.95. The lowest BCUT2D eigenvalue weighted by molar-refractivity contribution is 0.0332. The fraction of sp³-hybridized carbons (Fsp3) is 0.300. The van der Waals surface area contributed by atoms with E-state index in [0.717, 1.165) is 11.3 Å². The van der Waals surface area contributed by atoms with E-state index in [1.54, 1.807) is 0 Å². The molecular weight excluding hydrogens is 166 g/mol. The lowest BCUT2D eigenvalue weighted by Gasteiger charge is -2.25. The van der Waals surface area contributed by atoms with Gasteiger partial charge in [-0.1, -0.05) is 23.4 Å². The first-order valence-electron chi connectivity index (χ1n) is 4.36. The quantitative estimate of drug-likeness (QED) is 0.601. The predicted molar refractivity (Wildman–Crippen MR) is 47.7 cm³/mol. The van der Waals surface area contributed by atoms with Crippen molar-refractivity contribution in [1.82, 2.24) is 0 Å². The van der Waals surface area contributed by atoms with E-state index >= 15 is 0 Å². The molecule has 0 spiro atoms. The molecule has 0 saturated carbocycles. The lowest BCUT2D eigenvalue weighted by atomic mass is 9.95. The molecule has 0 radical (unpaired) electrons. The maximum absolute atomic E-state index is 5.57. The van der Waals surface area contributed by atoms with E-state index < -0.39 is 0 Å². The van der Waals surface area contributed by atoms with E-state index in [0.29, 0.717) is 6.61 Å². The highest BCUT2D eigenvalue weighted by molar-refractivity contribution is 5.64. The zero-order chi connectivity index (χ0) is 8.67. The second kappa shape index (κ2) is 2.49. The molecule has 2 atom stereocenters. The number of oxime groups is 1. The van der Waals surface area contributed by atoms with Crippen molar-refractivity contribution >= 4 is 6.21 Å². The van der Waals surface area contributed by atoms with E-state index in [2.05, 4.69) is 5.16 Å². The molecule has 0 amide bonds. The van der Waals surface area contributed by atoms with Crippen molar-refractivity contribution < 1.29 is 9.57 Å². The average molecular weight is 175 g/mol. The first-order chi connectivity index (χ1) is 6.45. The van der Waals surface area contributed by atoms with Gasteiger partial charge in [0, 0.05) is 5.56 Å². The van der Waals surface area contributed by atoms with Crippen molar-refractivity contribution in [2.24, 2.45) is 11.1 Å². The molecule has 2 aliphatic heterocycles. The van der Waals surface area contributed by atoms with Crippen molar-refractivity contribution in [3.8, 4) is 5.75 Å². The van der Waals surface area contributed by atoms with Crippen molar-refractivity contribution in [2.45, 2.75) is 6.10 Å². The predicted octanol–water partition coefficient (Wildman–Crippen LogP) is 1.75. The second-order valence-corrected chi connectivity index (χ2v) is 3.29. The van der Waals surface area contributed by atoms with Gasteiger partial charge in [-0.15, -0.1) is 0 Å². The van der Waals surface area contributed by atoms with Crippen LogP contribution in [0.2, 0.25) is 0 Å². The van der Waals surface area contributed by atoms with Gasteiger partial charge < -0.3 is 9.57 Å². The summed E-state index contributed by atoms with van der Waals surface area (Å²) in [6.07, 6.45) is 1.89. The molecule has 1 aromatic rings. The number of hydrogen-bond donors (Lipinski definition) is 0. The minimum atomic E-state index is 0.0740. The molecule has 0 bridgehead atoms. The number of hydrogen-bond acceptors (Lipinski definition) is 3. The fourth-order valence-corrected chi connectivity index (χ4v) is 1.79. The number of para-hydroxylation sites is 1. The number of nitrogens with zero attached hydrogens (tertiary/aromatic N) is 1. The standard InChI is InChI=1S/C10H9NO2/c1-2-4-9-8(3-1)10-7(6-12-9)5-11-13-10/h1-5,7,10H,6H2/t7-,10-/m0/s1. The third-order valence-electron chi connectivity index (χ3n) is 2.47. The monoisotopic (exact) mass is 175 g/mol. The van der Waals surface area contributed by atoms with Gasteiger partial charge in [-0.25, -0.2) is 0 Å². The Hall–Kier alpha value is -1.51. The topological polar surface area (TPSA) is 30.8 Å². The van der Waals surface area contributed by atoms with Crippen LogP contribution in [0.15, 0.2) is 29.4 Å². The van der Waals surface area contributed by atoms with Gasteiger partial charge in [-0.05, 0) is 6.07 Å². The zero-order valence-corrected chi connectivity index (χ0v) is 7.01. The Balaban J connectivity index is 2.08. The van der Waals surface area contributed by atoms with Crippen LogP contribution in [0.4, 0.5) is 0 Å². The van der Waals surface area contributed by atoms with Crippen LogP contribution in [-0.2, 0) is 4.84 Å². The molecule has 3 heteroatoms. The van der Waals surface area contributed by atoms with Crippen molar-refractivity contribution in [3.63, 3.8) is 0 Å². The van der Waals surface area contributed by atoms with Gasteiger partial charge in [0.15, 0.2) is 6.10 Å². The third-order valence-corrected chi connectivity index (χ3v) is 2.47. The maximum atomic E-state index is 5.57. The molecule has 13 heavy (non-hydrogen) atoms. The molecule has 0 unspecified atom stereocenters. The summed E-state index contributed by atoms with van der Waals surface area (Å²) in [5.74, 6) is 1.21. The highest BCUT2D eigenvalue weighted by atomic mass is 16.6. The smallest absolute Gasteiger partial charge is 0.167 e. The molecule has 3 rings (SSSR count). The molecule has 0 saturated heterocycles. The van der Waals surface area contributed by atoms with Crippen molar-refractivity contribution in [3.05, 3.63) is 29.8 Å². The minimum absolute atomic E-state index is 0.0740. The van der Waals surface area contributed by atoms with E-state index in [1.807, 2.05) is 30.5 Å². The van der Waals surface area contributed by atoms with Gasteiger partial charge in [0.25, 0.3) is 0 Å². The Morgan fingerprint density at radius 2 is 2.23 bits per heavy atom. The van der Waals surface area contributed by atoms with Gasteiger partial charge in [-0.3, -0.25) is 0 Å². The zero-order valence-electron chi connectivity index (χ0n) is 7.01.